The maximum absolute atomic E-state index is 15.2. The molecule has 0 unspecified atom stereocenters. The van der Waals surface area contributed by atoms with E-state index < -0.39 is 12.1 Å². The second-order valence-corrected chi connectivity index (χ2v) is 8.97. The number of ether oxygens (including phenoxy) is 2. The number of rotatable bonds is 6. The van der Waals surface area contributed by atoms with Crippen molar-refractivity contribution in [1.82, 2.24) is 24.6 Å². The molecule has 0 radical (unpaired) electrons. The number of likely N-dealkylation sites (tertiary alicyclic amines) is 1. The molecule has 0 spiro atoms. The molecule has 2 atom stereocenters. The standard InChI is InChI=1S/C23H31FN6O4/c1-4-18-9-19(30(24)22-25-10-16(11-26-22)17-12-27-28(2)13-17)14-29(18)23(32)34-20-7-5-15(6-8-20)21(31)33-3/h10-13,15,18-20H,4-9,14H2,1-3H3/t15?,18-,19+,20?/m1/s1. The number of amides is 1. The zero-order valence-corrected chi connectivity index (χ0v) is 19.8. The lowest BCUT2D eigenvalue weighted by atomic mass is 9.87. The van der Waals surface area contributed by atoms with Crippen LogP contribution in [0.25, 0.3) is 11.1 Å². The van der Waals surface area contributed by atoms with E-state index in [1.165, 1.54) is 7.11 Å². The molecule has 1 aliphatic carbocycles. The van der Waals surface area contributed by atoms with E-state index in [2.05, 4.69) is 15.1 Å². The van der Waals surface area contributed by atoms with Gasteiger partial charge in [0.15, 0.2) is 0 Å². The highest BCUT2D eigenvalue weighted by Gasteiger charge is 2.40. The Labute approximate surface area is 198 Å². The molecular formula is C23H31FN6O4. The van der Waals surface area contributed by atoms with Gasteiger partial charge in [0.05, 0.1) is 25.3 Å². The number of hydrogen-bond acceptors (Lipinski definition) is 8. The summed E-state index contributed by atoms with van der Waals surface area (Å²) >= 11 is 0. The van der Waals surface area contributed by atoms with Crippen LogP contribution in [0.2, 0.25) is 0 Å². The third-order valence-corrected chi connectivity index (χ3v) is 6.76. The molecule has 2 aromatic rings. The first-order valence-corrected chi connectivity index (χ1v) is 11.7. The lowest BCUT2D eigenvalue weighted by Crippen LogP contribution is -2.40. The van der Waals surface area contributed by atoms with Crippen molar-refractivity contribution in [2.24, 2.45) is 13.0 Å². The number of aromatic nitrogens is 4. The summed E-state index contributed by atoms with van der Waals surface area (Å²) in [6.45, 7) is 2.16. The van der Waals surface area contributed by atoms with Crippen molar-refractivity contribution >= 4 is 18.0 Å². The van der Waals surface area contributed by atoms with E-state index in [0.717, 1.165) is 11.1 Å². The Kier molecular flexibility index (Phi) is 7.28. The zero-order chi connectivity index (χ0) is 24.2. The van der Waals surface area contributed by atoms with Crippen LogP contribution in [-0.4, -0.2) is 68.6 Å². The number of nitrogens with zero attached hydrogens (tertiary/aromatic N) is 6. The Morgan fingerprint density at radius 3 is 2.44 bits per heavy atom. The number of carbonyl (C=O) groups excluding carboxylic acids is 2. The number of anilines is 1. The second kappa shape index (κ2) is 10.4. The fraction of sp³-hybridized carbons (Fsp3) is 0.609. The van der Waals surface area contributed by atoms with Crippen LogP contribution in [0.4, 0.5) is 15.2 Å². The summed E-state index contributed by atoms with van der Waals surface area (Å²) < 4.78 is 27.4. The summed E-state index contributed by atoms with van der Waals surface area (Å²) in [6, 6.07) is -0.686. The molecule has 3 heterocycles. The summed E-state index contributed by atoms with van der Waals surface area (Å²) in [5, 5.41) is 4.67. The first kappa shape index (κ1) is 23.9. The molecule has 2 fully saturated rings. The fourth-order valence-corrected chi connectivity index (χ4v) is 4.77. The van der Waals surface area contributed by atoms with Crippen LogP contribution >= 0.6 is 0 Å². The van der Waals surface area contributed by atoms with Crippen molar-refractivity contribution in [2.75, 3.05) is 18.8 Å². The molecule has 184 valence electrons. The second-order valence-electron chi connectivity index (χ2n) is 8.97. The van der Waals surface area contributed by atoms with Crippen LogP contribution in [0.15, 0.2) is 24.8 Å². The summed E-state index contributed by atoms with van der Waals surface area (Å²) in [6.07, 6.45) is 9.64. The minimum absolute atomic E-state index is 0.0381. The lowest BCUT2D eigenvalue weighted by molar-refractivity contribution is -0.147. The smallest absolute Gasteiger partial charge is 0.410 e. The van der Waals surface area contributed by atoms with E-state index in [1.807, 2.05) is 20.2 Å². The lowest BCUT2D eigenvalue weighted by Gasteiger charge is -2.30. The third kappa shape index (κ3) is 5.13. The quantitative estimate of drug-likeness (QED) is 0.464. The molecule has 2 aliphatic rings. The molecule has 0 N–H and O–H groups in total. The van der Waals surface area contributed by atoms with Crippen molar-refractivity contribution in [1.29, 1.82) is 0 Å². The highest BCUT2D eigenvalue weighted by Crippen LogP contribution is 2.31. The largest absolute Gasteiger partial charge is 0.469 e. The van der Waals surface area contributed by atoms with Crippen LogP contribution in [0, 0.1) is 5.92 Å². The van der Waals surface area contributed by atoms with Gasteiger partial charge in [0.2, 0.25) is 0 Å². The molecule has 4 rings (SSSR count). The highest BCUT2D eigenvalue weighted by molar-refractivity contribution is 5.72. The summed E-state index contributed by atoms with van der Waals surface area (Å²) in [5.41, 5.74) is 1.59. The number of carbonyl (C=O) groups is 2. The van der Waals surface area contributed by atoms with E-state index in [-0.39, 0.29) is 36.5 Å². The number of hydrogen-bond donors (Lipinski definition) is 0. The SMILES string of the molecule is CC[C@@H]1C[C@H](N(F)c2ncc(-c3cnn(C)c3)cn2)CN1C(=O)OC1CCC(C(=O)OC)CC1. The predicted octanol–water partition coefficient (Wildman–Crippen LogP) is 3.29. The van der Waals surface area contributed by atoms with Gasteiger partial charge in [0, 0.05) is 49.4 Å². The summed E-state index contributed by atoms with van der Waals surface area (Å²) in [4.78, 5) is 34.6. The first-order valence-electron chi connectivity index (χ1n) is 11.7. The Hall–Kier alpha value is -3.24. The van der Waals surface area contributed by atoms with Crippen LogP contribution in [0.5, 0.6) is 0 Å². The molecule has 1 saturated heterocycles. The fourth-order valence-electron chi connectivity index (χ4n) is 4.77. The zero-order valence-electron chi connectivity index (χ0n) is 19.8. The van der Waals surface area contributed by atoms with E-state index in [1.54, 1.807) is 28.2 Å². The van der Waals surface area contributed by atoms with Crippen molar-refractivity contribution in [2.45, 2.75) is 63.6 Å². The monoisotopic (exact) mass is 474 g/mol. The third-order valence-electron chi connectivity index (χ3n) is 6.76. The average Bonchev–Trinajstić information content (AvgIpc) is 3.50. The molecule has 10 nitrogen and oxygen atoms in total. The van der Waals surface area contributed by atoms with E-state index in [4.69, 9.17) is 9.47 Å². The van der Waals surface area contributed by atoms with Gasteiger partial charge in [0.25, 0.3) is 5.95 Å². The number of esters is 1. The maximum Gasteiger partial charge on any atom is 0.410 e. The van der Waals surface area contributed by atoms with Crippen LogP contribution in [0.1, 0.15) is 45.4 Å². The molecule has 0 bridgehead atoms. The topological polar surface area (TPSA) is 103 Å². The first-order chi connectivity index (χ1) is 16.4. The number of aryl methyl sites for hydroxylation is 1. The van der Waals surface area contributed by atoms with Crippen molar-refractivity contribution < 1.29 is 23.5 Å². The van der Waals surface area contributed by atoms with Crippen LogP contribution in [0.3, 0.4) is 0 Å². The molecule has 11 heteroatoms. The van der Waals surface area contributed by atoms with E-state index in [9.17, 15) is 9.59 Å². The molecule has 1 amide bonds. The number of halogens is 1. The number of methoxy groups -OCH3 is 1. The maximum atomic E-state index is 15.2. The molecule has 0 aromatic carbocycles. The van der Waals surface area contributed by atoms with Crippen LogP contribution in [-0.2, 0) is 21.3 Å². The van der Waals surface area contributed by atoms with E-state index in [0.29, 0.717) is 43.6 Å². The van der Waals surface area contributed by atoms with Crippen molar-refractivity contribution in [3.8, 4) is 11.1 Å². The molecule has 34 heavy (non-hydrogen) atoms. The van der Waals surface area contributed by atoms with Gasteiger partial charge in [-0.2, -0.15) is 10.2 Å². The Bertz CT molecular complexity index is 992. The predicted molar refractivity (Wildman–Crippen MR) is 121 cm³/mol. The van der Waals surface area contributed by atoms with Gasteiger partial charge in [-0.3, -0.25) is 9.48 Å². The van der Waals surface area contributed by atoms with Crippen LogP contribution < -0.4 is 5.12 Å². The Morgan fingerprint density at radius 2 is 1.85 bits per heavy atom. The van der Waals surface area contributed by atoms with Crippen molar-refractivity contribution in [3.63, 3.8) is 0 Å². The minimum Gasteiger partial charge on any atom is -0.469 e. The molecule has 1 aliphatic heterocycles. The van der Waals surface area contributed by atoms with Crippen molar-refractivity contribution in [3.05, 3.63) is 24.8 Å². The van der Waals surface area contributed by atoms with Gasteiger partial charge < -0.3 is 14.4 Å². The summed E-state index contributed by atoms with van der Waals surface area (Å²) in [7, 11) is 3.20. The minimum atomic E-state index is -0.559. The van der Waals surface area contributed by atoms with Gasteiger partial charge >= 0.3 is 12.1 Å². The average molecular weight is 475 g/mol. The molecule has 2 aromatic heterocycles. The van der Waals surface area contributed by atoms with E-state index >= 15 is 4.48 Å². The van der Waals surface area contributed by atoms with Gasteiger partial charge in [-0.05, 0) is 38.5 Å². The highest BCUT2D eigenvalue weighted by atomic mass is 19.2. The normalized spacial score (nSPS) is 24.6. The molecular weight excluding hydrogens is 443 g/mol. The Balaban J connectivity index is 1.34. The van der Waals surface area contributed by atoms with Gasteiger partial charge in [-0.1, -0.05) is 11.4 Å². The molecule has 1 saturated carbocycles. The van der Waals surface area contributed by atoms with Gasteiger partial charge in [-0.25, -0.2) is 14.8 Å². The van der Waals surface area contributed by atoms with Gasteiger partial charge in [0.1, 0.15) is 6.10 Å². The summed E-state index contributed by atoms with van der Waals surface area (Å²) in [5.74, 6) is -0.384. The Morgan fingerprint density at radius 1 is 1.15 bits per heavy atom. The van der Waals surface area contributed by atoms with Gasteiger partial charge in [-0.15, -0.1) is 0 Å².